The maximum absolute atomic E-state index is 5.80. The minimum absolute atomic E-state index is 0.188. The highest BCUT2D eigenvalue weighted by molar-refractivity contribution is 9.10. The van der Waals surface area contributed by atoms with Gasteiger partial charge in [-0.2, -0.15) is 0 Å². The zero-order valence-corrected chi connectivity index (χ0v) is 9.64. The molecule has 0 amide bonds. The van der Waals surface area contributed by atoms with Gasteiger partial charge in [-0.3, -0.25) is 0 Å². The number of halogens is 2. The van der Waals surface area contributed by atoms with Gasteiger partial charge in [0, 0.05) is 18.1 Å². The maximum Gasteiger partial charge on any atom is 0.143 e. The van der Waals surface area contributed by atoms with Gasteiger partial charge < -0.3 is 5.32 Å². The molecule has 0 aliphatic carbocycles. The molecule has 1 N–H and O–H groups in total. The molecule has 0 radical (unpaired) electrons. The average molecular weight is 265 g/mol. The molecule has 0 bridgehead atoms. The molecule has 1 aromatic rings. The van der Waals surface area contributed by atoms with Crippen molar-refractivity contribution in [2.45, 2.75) is 18.7 Å². The van der Waals surface area contributed by atoms with E-state index in [0.29, 0.717) is 0 Å². The summed E-state index contributed by atoms with van der Waals surface area (Å²) in [6.45, 7) is 2.79. The van der Waals surface area contributed by atoms with Gasteiger partial charge in [0.05, 0.1) is 4.47 Å². The third-order valence-corrected chi connectivity index (χ3v) is 2.30. The largest absolute Gasteiger partial charge is 0.369 e. The lowest BCUT2D eigenvalue weighted by molar-refractivity contribution is 0.838. The van der Waals surface area contributed by atoms with E-state index >= 15 is 0 Å². The zero-order chi connectivity index (χ0) is 9.68. The first kappa shape index (κ1) is 10.7. The van der Waals surface area contributed by atoms with Gasteiger partial charge >= 0.3 is 0 Å². The zero-order valence-electron chi connectivity index (χ0n) is 7.30. The van der Waals surface area contributed by atoms with Crippen molar-refractivity contribution in [2.75, 3.05) is 11.9 Å². The molecule has 0 saturated heterocycles. The summed E-state index contributed by atoms with van der Waals surface area (Å²) in [5.41, 5.74) is 0. The number of alkyl halides is 1. The van der Waals surface area contributed by atoms with Crippen LogP contribution in [0.5, 0.6) is 0 Å². The standard InChI is InChI=1S/C8H11BrClN3/c1-6(10)2-3-12-8-7(9)4-11-5-13-8/h4-6H,2-3H2,1H3,(H,11,12,13). The summed E-state index contributed by atoms with van der Waals surface area (Å²) < 4.78 is 0.872. The van der Waals surface area contributed by atoms with Crippen LogP contribution in [0.15, 0.2) is 17.0 Å². The topological polar surface area (TPSA) is 37.8 Å². The molecule has 0 aromatic carbocycles. The smallest absolute Gasteiger partial charge is 0.143 e. The maximum atomic E-state index is 5.80. The highest BCUT2D eigenvalue weighted by Gasteiger charge is 2.00. The first-order chi connectivity index (χ1) is 6.20. The average Bonchev–Trinajstić information content (AvgIpc) is 2.08. The van der Waals surface area contributed by atoms with Gasteiger partial charge in [0.2, 0.25) is 0 Å². The first-order valence-electron chi connectivity index (χ1n) is 4.03. The van der Waals surface area contributed by atoms with Crippen molar-refractivity contribution in [1.82, 2.24) is 9.97 Å². The Morgan fingerprint density at radius 1 is 1.69 bits per heavy atom. The molecule has 0 aliphatic heterocycles. The van der Waals surface area contributed by atoms with E-state index in [2.05, 4.69) is 31.2 Å². The molecule has 72 valence electrons. The van der Waals surface area contributed by atoms with Crippen molar-refractivity contribution in [1.29, 1.82) is 0 Å². The molecule has 0 saturated carbocycles. The molecule has 3 nitrogen and oxygen atoms in total. The van der Waals surface area contributed by atoms with Crippen LogP contribution >= 0.6 is 27.5 Å². The molecule has 0 spiro atoms. The summed E-state index contributed by atoms with van der Waals surface area (Å²) in [4.78, 5) is 7.93. The third kappa shape index (κ3) is 3.91. The highest BCUT2D eigenvalue weighted by atomic mass is 79.9. The van der Waals surface area contributed by atoms with E-state index < -0.39 is 0 Å². The van der Waals surface area contributed by atoms with Crippen molar-refractivity contribution in [3.63, 3.8) is 0 Å². The molecule has 1 aromatic heterocycles. The minimum Gasteiger partial charge on any atom is -0.369 e. The Kier molecular flexibility index (Phi) is 4.45. The van der Waals surface area contributed by atoms with Crippen LogP contribution in [0.2, 0.25) is 0 Å². The number of aromatic nitrogens is 2. The number of nitrogens with one attached hydrogen (secondary N) is 1. The Balaban J connectivity index is 2.41. The molecule has 1 rings (SSSR count). The molecule has 13 heavy (non-hydrogen) atoms. The van der Waals surface area contributed by atoms with Gasteiger partial charge in [-0.05, 0) is 29.3 Å². The first-order valence-corrected chi connectivity index (χ1v) is 5.26. The van der Waals surface area contributed by atoms with Crippen molar-refractivity contribution in [2.24, 2.45) is 0 Å². The van der Waals surface area contributed by atoms with E-state index in [4.69, 9.17) is 11.6 Å². The Morgan fingerprint density at radius 2 is 2.46 bits per heavy atom. The summed E-state index contributed by atoms with van der Waals surface area (Å²) in [7, 11) is 0. The SMILES string of the molecule is CC(Cl)CCNc1ncncc1Br. The summed E-state index contributed by atoms with van der Waals surface area (Å²) in [6.07, 6.45) is 4.13. The van der Waals surface area contributed by atoms with E-state index in [1.165, 1.54) is 6.33 Å². The summed E-state index contributed by atoms with van der Waals surface area (Å²) in [6, 6.07) is 0. The van der Waals surface area contributed by atoms with Crippen LogP contribution in [0.3, 0.4) is 0 Å². The van der Waals surface area contributed by atoms with Crippen LogP contribution in [0.1, 0.15) is 13.3 Å². The lowest BCUT2D eigenvalue weighted by Crippen LogP contribution is -2.07. The van der Waals surface area contributed by atoms with Crippen molar-refractivity contribution >= 4 is 33.3 Å². The van der Waals surface area contributed by atoms with Crippen LogP contribution in [0.25, 0.3) is 0 Å². The summed E-state index contributed by atoms with van der Waals surface area (Å²) in [5.74, 6) is 0.812. The summed E-state index contributed by atoms with van der Waals surface area (Å²) in [5, 5.41) is 3.35. The second-order valence-electron chi connectivity index (χ2n) is 2.72. The second-order valence-corrected chi connectivity index (χ2v) is 4.31. The number of hydrogen-bond donors (Lipinski definition) is 1. The van der Waals surface area contributed by atoms with E-state index in [-0.39, 0.29) is 5.38 Å². The number of anilines is 1. The molecule has 1 unspecified atom stereocenters. The van der Waals surface area contributed by atoms with Gasteiger partial charge in [0.1, 0.15) is 12.1 Å². The molecule has 1 atom stereocenters. The lowest BCUT2D eigenvalue weighted by Gasteiger charge is -2.07. The molecule has 5 heteroatoms. The fraction of sp³-hybridized carbons (Fsp3) is 0.500. The fourth-order valence-corrected chi connectivity index (χ4v) is 1.30. The molecular weight excluding hydrogens is 253 g/mol. The summed E-state index contributed by atoms with van der Waals surface area (Å²) >= 11 is 9.14. The van der Waals surface area contributed by atoms with Crippen molar-refractivity contribution in [3.8, 4) is 0 Å². The number of rotatable bonds is 4. The predicted molar refractivity (Wildman–Crippen MR) is 58.2 cm³/mol. The lowest BCUT2D eigenvalue weighted by atomic mass is 10.3. The molecular formula is C8H11BrClN3. The van der Waals surface area contributed by atoms with Gasteiger partial charge in [-0.25, -0.2) is 9.97 Å². The normalized spacial score (nSPS) is 12.5. The Morgan fingerprint density at radius 3 is 3.08 bits per heavy atom. The van der Waals surface area contributed by atoms with E-state index in [1.54, 1.807) is 6.20 Å². The van der Waals surface area contributed by atoms with Crippen molar-refractivity contribution < 1.29 is 0 Å². The molecule has 0 aliphatic rings. The second kappa shape index (κ2) is 5.40. The van der Waals surface area contributed by atoms with Crippen LogP contribution in [0.4, 0.5) is 5.82 Å². The van der Waals surface area contributed by atoms with E-state index in [0.717, 1.165) is 23.3 Å². The van der Waals surface area contributed by atoms with Gasteiger partial charge in [0.25, 0.3) is 0 Å². The number of hydrogen-bond acceptors (Lipinski definition) is 3. The van der Waals surface area contributed by atoms with Crippen LogP contribution < -0.4 is 5.32 Å². The Labute approximate surface area is 91.1 Å². The van der Waals surface area contributed by atoms with Crippen LogP contribution in [-0.4, -0.2) is 21.9 Å². The highest BCUT2D eigenvalue weighted by Crippen LogP contribution is 2.16. The molecule has 0 fully saturated rings. The van der Waals surface area contributed by atoms with Gasteiger partial charge in [-0.15, -0.1) is 11.6 Å². The third-order valence-electron chi connectivity index (χ3n) is 1.50. The van der Waals surface area contributed by atoms with Crippen LogP contribution in [0, 0.1) is 0 Å². The van der Waals surface area contributed by atoms with Gasteiger partial charge in [-0.1, -0.05) is 0 Å². The predicted octanol–water partition coefficient (Wildman–Crippen LogP) is 2.67. The van der Waals surface area contributed by atoms with E-state index in [1.807, 2.05) is 6.92 Å². The van der Waals surface area contributed by atoms with E-state index in [9.17, 15) is 0 Å². The minimum atomic E-state index is 0.188. The number of nitrogens with zero attached hydrogens (tertiary/aromatic N) is 2. The monoisotopic (exact) mass is 263 g/mol. The van der Waals surface area contributed by atoms with Gasteiger partial charge in [0.15, 0.2) is 0 Å². The van der Waals surface area contributed by atoms with Crippen molar-refractivity contribution in [3.05, 3.63) is 17.0 Å². The Hall–Kier alpha value is -0.350. The molecule has 1 heterocycles. The Bertz CT molecular complexity index is 267. The quantitative estimate of drug-likeness (QED) is 0.850. The fourth-order valence-electron chi connectivity index (χ4n) is 0.832. The van der Waals surface area contributed by atoms with Crippen LogP contribution in [-0.2, 0) is 0 Å².